The van der Waals surface area contributed by atoms with Gasteiger partial charge in [0.15, 0.2) is 5.76 Å². The molecule has 0 amide bonds. The highest BCUT2D eigenvalue weighted by atomic mass is 32.2. The lowest BCUT2D eigenvalue weighted by Crippen LogP contribution is -2.20. The molecule has 1 saturated heterocycles. The van der Waals surface area contributed by atoms with E-state index in [-0.39, 0.29) is 22.6 Å². The first kappa shape index (κ1) is 11.3. The summed E-state index contributed by atoms with van der Waals surface area (Å²) < 4.78 is 5.00. The lowest BCUT2D eigenvalue weighted by molar-refractivity contribution is 0.0660. The zero-order valence-corrected chi connectivity index (χ0v) is 9.46. The fraction of sp³-hybridized carbons (Fsp3) is 0.455. The number of carboxylic acid groups (broad SMARTS) is 1. The molecule has 2 heterocycles. The standard InChI is InChI=1S/C11H12O4S/c12-10(9-3-1-2-6-16-9)7-4-5-8(15-7)11(13)14/h4-5,9H,1-3,6H2,(H,13,14). The van der Waals surface area contributed by atoms with Crippen LogP contribution >= 0.6 is 11.8 Å². The molecule has 1 aliphatic heterocycles. The van der Waals surface area contributed by atoms with Gasteiger partial charge in [-0.3, -0.25) is 4.79 Å². The fourth-order valence-corrected chi connectivity index (χ4v) is 2.95. The second-order valence-corrected chi connectivity index (χ2v) is 5.00. The molecule has 1 aromatic rings. The highest BCUT2D eigenvalue weighted by molar-refractivity contribution is 8.00. The smallest absolute Gasteiger partial charge is 0.371 e. The summed E-state index contributed by atoms with van der Waals surface area (Å²) in [6, 6.07) is 2.77. The summed E-state index contributed by atoms with van der Waals surface area (Å²) in [6.07, 6.45) is 3.05. The van der Waals surface area contributed by atoms with E-state index in [0.29, 0.717) is 0 Å². The van der Waals surface area contributed by atoms with Gasteiger partial charge in [0, 0.05) is 0 Å². The minimum atomic E-state index is -1.14. The number of furan rings is 1. The van der Waals surface area contributed by atoms with Crippen LogP contribution in [0.5, 0.6) is 0 Å². The van der Waals surface area contributed by atoms with Crippen LogP contribution in [0.3, 0.4) is 0 Å². The Hall–Kier alpha value is -1.23. The van der Waals surface area contributed by atoms with Gasteiger partial charge in [-0.2, -0.15) is 11.8 Å². The molecule has 0 saturated carbocycles. The SMILES string of the molecule is O=C(O)c1ccc(C(=O)C2CCCCS2)o1. The molecule has 4 nitrogen and oxygen atoms in total. The predicted octanol–water partition coefficient (Wildman–Crippen LogP) is 2.45. The van der Waals surface area contributed by atoms with Gasteiger partial charge >= 0.3 is 5.97 Å². The lowest BCUT2D eigenvalue weighted by atomic mass is 10.1. The molecule has 0 aliphatic carbocycles. The molecule has 16 heavy (non-hydrogen) atoms. The highest BCUT2D eigenvalue weighted by Gasteiger charge is 2.26. The first-order valence-electron chi connectivity index (χ1n) is 5.17. The number of aromatic carboxylic acids is 1. The molecule has 1 aliphatic rings. The summed E-state index contributed by atoms with van der Waals surface area (Å²) in [6.45, 7) is 0. The van der Waals surface area contributed by atoms with E-state index in [9.17, 15) is 9.59 Å². The van der Waals surface area contributed by atoms with Gasteiger partial charge in [-0.15, -0.1) is 0 Å². The van der Waals surface area contributed by atoms with Crippen molar-refractivity contribution in [3.63, 3.8) is 0 Å². The number of carbonyl (C=O) groups excluding carboxylic acids is 1. The normalized spacial score (nSPS) is 20.6. The van der Waals surface area contributed by atoms with E-state index < -0.39 is 5.97 Å². The summed E-state index contributed by atoms with van der Waals surface area (Å²) in [4.78, 5) is 22.5. The van der Waals surface area contributed by atoms with Gasteiger partial charge in [0.2, 0.25) is 11.5 Å². The third-order valence-electron chi connectivity index (χ3n) is 2.53. The van der Waals surface area contributed by atoms with Gasteiger partial charge in [-0.05, 0) is 30.7 Å². The van der Waals surface area contributed by atoms with E-state index in [1.165, 1.54) is 12.1 Å². The summed E-state index contributed by atoms with van der Waals surface area (Å²) in [5.74, 6) is -0.253. The Morgan fingerprint density at radius 3 is 2.62 bits per heavy atom. The number of Topliss-reactive ketones (excluding diaryl/α,β-unsaturated/α-hetero) is 1. The topological polar surface area (TPSA) is 67.5 Å². The summed E-state index contributed by atoms with van der Waals surface area (Å²) >= 11 is 1.63. The Balaban J connectivity index is 2.10. The molecule has 1 atom stereocenters. The minimum absolute atomic E-state index is 0.0680. The fourth-order valence-electron chi connectivity index (χ4n) is 1.69. The number of carbonyl (C=O) groups is 2. The molecule has 0 spiro atoms. The van der Waals surface area contributed by atoms with Crippen LogP contribution < -0.4 is 0 Å². The molecular formula is C11H12O4S. The summed E-state index contributed by atoms with van der Waals surface area (Å²) in [7, 11) is 0. The Labute approximate surface area is 97.0 Å². The first-order chi connectivity index (χ1) is 7.68. The maximum Gasteiger partial charge on any atom is 0.371 e. The van der Waals surface area contributed by atoms with Crippen molar-refractivity contribution in [2.45, 2.75) is 24.5 Å². The monoisotopic (exact) mass is 240 g/mol. The third kappa shape index (κ3) is 2.29. The molecule has 1 aromatic heterocycles. The van der Waals surface area contributed by atoms with Crippen LogP contribution in [0.15, 0.2) is 16.5 Å². The van der Waals surface area contributed by atoms with E-state index in [0.717, 1.165) is 25.0 Å². The molecule has 0 bridgehead atoms. The third-order valence-corrected chi connectivity index (χ3v) is 3.91. The average Bonchev–Trinajstić information content (AvgIpc) is 2.78. The van der Waals surface area contributed by atoms with Crippen molar-refractivity contribution in [2.75, 3.05) is 5.75 Å². The van der Waals surface area contributed by atoms with E-state index in [1.807, 2.05) is 0 Å². The van der Waals surface area contributed by atoms with E-state index >= 15 is 0 Å². The Bertz CT molecular complexity index is 404. The molecule has 1 fully saturated rings. The van der Waals surface area contributed by atoms with Gasteiger partial charge in [0.05, 0.1) is 5.25 Å². The van der Waals surface area contributed by atoms with Crippen molar-refractivity contribution in [3.8, 4) is 0 Å². The van der Waals surface area contributed by atoms with Crippen LogP contribution in [-0.4, -0.2) is 27.9 Å². The number of ketones is 1. The van der Waals surface area contributed by atoms with Gasteiger partial charge < -0.3 is 9.52 Å². The molecular weight excluding hydrogens is 228 g/mol. The molecule has 0 aromatic carbocycles. The Kier molecular flexibility index (Phi) is 3.33. The maximum absolute atomic E-state index is 11.9. The van der Waals surface area contributed by atoms with Crippen LogP contribution in [0.1, 0.15) is 40.4 Å². The quantitative estimate of drug-likeness (QED) is 0.822. The van der Waals surface area contributed by atoms with Crippen molar-refractivity contribution >= 4 is 23.5 Å². The Morgan fingerprint density at radius 2 is 2.06 bits per heavy atom. The summed E-state index contributed by atoms with van der Waals surface area (Å²) in [5, 5.41) is 8.61. The number of carboxylic acids is 1. The van der Waals surface area contributed by atoms with Crippen molar-refractivity contribution in [2.24, 2.45) is 0 Å². The van der Waals surface area contributed by atoms with Crippen molar-refractivity contribution in [1.82, 2.24) is 0 Å². The molecule has 5 heteroatoms. The van der Waals surface area contributed by atoms with Crippen LogP contribution in [0.4, 0.5) is 0 Å². The van der Waals surface area contributed by atoms with Gasteiger partial charge in [0.1, 0.15) is 0 Å². The molecule has 2 rings (SSSR count). The van der Waals surface area contributed by atoms with Gasteiger partial charge in [0.25, 0.3) is 0 Å². The van der Waals surface area contributed by atoms with Crippen molar-refractivity contribution < 1.29 is 19.1 Å². The van der Waals surface area contributed by atoms with Crippen LogP contribution in [0.25, 0.3) is 0 Å². The molecule has 1 N–H and O–H groups in total. The zero-order valence-electron chi connectivity index (χ0n) is 8.64. The minimum Gasteiger partial charge on any atom is -0.475 e. The van der Waals surface area contributed by atoms with E-state index in [1.54, 1.807) is 11.8 Å². The van der Waals surface area contributed by atoms with E-state index in [4.69, 9.17) is 9.52 Å². The first-order valence-corrected chi connectivity index (χ1v) is 6.22. The van der Waals surface area contributed by atoms with Crippen molar-refractivity contribution in [1.29, 1.82) is 0 Å². The maximum atomic E-state index is 11.9. The average molecular weight is 240 g/mol. The van der Waals surface area contributed by atoms with Gasteiger partial charge in [-0.25, -0.2) is 4.79 Å². The Morgan fingerprint density at radius 1 is 1.31 bits per heavy atom. The predicted molar refractivity (Wildman–Crippen MR) is 60.1 cm³/mol. The molecule has 86 valence electrons. The largest absolute Gasteiger partial charge is 0.475 e. The summed E-state index contributed by atoms with van der Waals surface area (Å²) in [5.41, 5.74) is 0. The van der Waals surface area contributed by atoms with Crippen LogP contribution in [0.2, 0.25) is 0 Å². The molecule has 0 radical (unpaired) electrons. The van der Waals surface area contributed by atoms with Crippen molar-refractivity contribution in [3.05, 3.63) is 23.7 Å². The number of rotatable bonds is 3. The van der Waals surface area contributed by atoms with Crippen LogP contribution in [-0.2, 0) is 0 Å². The molecule has 1 unspecified atom stereocenters. The number of hydrogen-bond acceptors (Lipinski definition) is 4. The lowest BCUT2D eigenvalue weighted by Gasteiger charge is -2.18. The number of thioether (sulfide) groups is 1. The van der Waals surface area contributed by atoms with E-state index in [2.05, 4.69) is 0 Å². The highest BCUT2D eigenvalue weighted by Crippen LogP contribution is 2.28. The van der Waals surface area contributed by atoms with Crippen LogP contribution in [0, 0.1) is 0 Å². The number of hydrogen-bond donors (Lipinski definition) is 1. The second kappa shape index (κ2) is 4.74. The second-order valence-electron chi connectivity index (χ2n) is 3.69. The van der Waals surface area contributed by atoms with Gasteiger partial charge in [-0.1, -0.05) is 6.42 Å². The zero-order chi connectivity index (χ0) is 11.5.